The van der Waals surface area contributed by atoms with Crippen molar-refractivity contribution in [2.45, 2.75) is 19.4 Å². The van der Waals surface area contributed by atoms with Gasteiger partial charge in [0.25, 0.3) is 0 Å². The summed E-state index contributed by atoms with van der Waals surface area (Å²) in [5.74, 6) is -0.850. The molecule has 7 heteroatoms. The number of para-hydroxylation sites is 1. The highest BCUT2D eigenvalue weighted by molar-refractivity contribution is 5.74. The second-order valence-electron chi connectivity index (χ2n) is 5.81. The zero-order valence-corrected chi connectivity index (χ0v) is 14.0. The number of nitrogens with zero attached hydrogens (tertiary/aromatic N) is 2. The van der Waals surface area contributed by atoms with Gasteiger partial charge in [-0.3, -0.25) is 4.79 Å². The molecule has 0 aromatic heterocycles. The largest absolute Gasteiger partial charge is 0.481 e. The molecular weight excluding hydrogens is 310 g/mol. The number of ether oxygens (including phenoxy) is 1. The number of urea groups is 1. The van der Waals surface area contributed by atoms with Crippen molar-refractivity contribution in [3.63, 3.8) is 0 Å². The van der Waals surface area contributed by atoms with Gasteiger partial charge in [-0.05, 0) is 18.1 Å². The number of amides is 2. The number of hydrogen-bond donors (Lipinski definition) is 2. The van der Waals surface area contributed by atoms with Crippen LogP contribution in [0.2, 0.25) is 0 Å². The van der Waals surface area contributed by atoms with Crippen LogP contribution in [-0.4, -0.2) is 61.9 Å². The molecular formula is C17H25N3O4. The van der Waals surface area contributed by atoms with Crippen molar-refractivity contribution in [2.24, 2.45) is 0 Å². The standard InChI is InChI=1S/C17H25N3O4/c1-19(17(23)18-8-4-7-16(21)22)13-14-5-2-3-6-15(14)20-9-11-24-12-10-20/h2-3,5-6H,4,7-13H2,1H3,(H,18,23)(H,21,22). The first-order chi connectivity index (χ1) is 11.6. The number of carboxylic acids is 1. The van der Waals surface area contributed by atoms with Crippen LogP contribution in [0.15, 0.2) is 24.3 Å². The highest BCUT2D eigenvalue weighted by Gasteiger charge is 2.16. The molecule has 1 aromatic carbocycles. The Bertz CT molecular complexity index is 559. The zero-order chi connectivity index (χ0) is 17.4. The van der Waals surface area contributed by atoms with Gasteiger partial charge in [0.2, 0.25) is 0 Å². The van der Waals surface area contributed by atoms with Crippen LogP contribution < -0.4 is 10.2 Å². The van der Waals surface area contributed by atoms with Crippen molar-refractivity contribution in [2.75, 3.05) is 44.8 Å². The molecule has 2 rings (SSSR count). The number of nitrogens with one attached hydrogen (secondary N) is 1. The summed E-state index contributed by atoms with van der Waals surface area (Å²) in [4.78, 5) is 26.5. The Balaban J connectivity index is 1.90. The minimum absolute atomic E-state index is 0.0594. The number of morpholine rings is 1. The molecule has 1 saturated heterocycles. The fraction of sp³-hybridized carbons (Fsp3) is 0.529. The summed E-state index contributed by atoms with van der Waals surface area (Å²) < 4.78 is 5.39. The van der Waals surface area contributed by atoms with Gasteiger partial charge in [-0.25, -0.2) is 4.79 Å². The lowest BCUT2D eigenvalue weighted by Gasteiger charge is -2.31. The Hall–Kier alpha value is -2.28. The number of rotatable bonds is 7. The summed E-state index contributed by atoms with van der Waals surface area (Å²) in [6.45, 7) is 3.99. The molecule has 0 unspecified atom stereocenters. The summed E-state index contributed by atoms with van der Waals surface area (Å²) in [7, 11) is 1.74. The predicted molar refractivity (Wildman–Crippen MR) is 91.2 cm³/mol. The third-order valence-corrected chi connectivity index (χ3v) is 3.94. The molecule has 0 atom stereocenters. The van der Waals surface area contributed by atoms with Crippen LogP contribution in [0, 0.1) is 0 Å². The van der Waals surface area contributed by atoms with E-state index in [9.17, 15) is 9.59 Å². The summed E-state index contributed by atoms with van der Waals surface area (Å²) in [6, 6.07) is 7.87. The average Bonchev–Trinajstić information content (AvgIpc) is 2.59. The quantitative estimate of drug-likeness (QED) is 0.739. The van der Waals surface area contributed by atoms with Gasteiger partial charge in [0.15, 0.2) is 0 Å². The number of carboxylic acid groups (broad SMARTS) is 1. The van der Waals surface area contributed by atoms with Gasteiger partial charge in [0.05, 0.1) is 13.2 Å². The van der Waals surface area contributed by atoms with Crippen LogP contribution in [-0.2, 0) is 16.1 Å². The molecule has 0 radical (unpaired) electrons. The van der Waals surface area contributed by atoms with E-state index in [2.05, 4.69) is 16.3 Å². The van der Waals surface area contributed by atoms with Crippen LogP contribution in [0.25, 0.3) is 0 Å². The number of benzene rings is 1. The Morgan fingerprint density at radius 2 is 2.00 bits per heavy atom. The van der Waals surface area contributed by atoms with Gasteiger partial charge >= 0.3 is 12.0 Å². The molecule has 7 nitrogen and oxygen atoms in total. The van der Waals surface area contributed by atoms with Crippen molar-refractivity contribution >= 4 is 17.7 Å². The maximum Gasteiger partial charge on any atom is 0.317 e. The van der Waals surface area contributed by atoms with E-state index < -0.39 is 5.97 Å². The molecule has 0 saturated carbocycles. The van der Waals surface area contributed by atoms with E-state index in [4.69, 9.17) is 9.84 Å². The highest BCUT2D eigenvalue weighted by atomic mass is 16.5. The van der Waals surface area contributed by atoms with Gasteiger partial charge in [-0.2, -0.15) is 0 Å². The van der Waals surface area contributed by atoms with E-state index in [-0.39, 0.29) is 12.5 Å². The minimum atomic E-state index is -0.850. The first-order valence-corrected chi connectivity index (χ1v) is 8.19. The molecule has 0 aliphatic carbocycles. The molecule has 132 valence electrons. The van der Waals surface area contributed by atoms with Gasteiger partial charge in [0, 0.05) is 45.3 Å². The van der Waals surface area contributed by atoms with Gasteiger partial charge in [0.1, 0.15) is 0 Å². The molecule has 1 heterocycles. The monoisotopic (exact) mass is 335 g/mol. The first-order valence-electron chi connectivity index (χ1n) is 8.19. The van der Waals surface area contributed by atoms with Crippen molar-refractivity contribution in [1.82, 2.24) is 10.2 Å². The summed E-state index contributed by atoms with van der Waals surface area (Å²) in [5.41, 5.74) is 2.22. The average molecular weight is 335 g/mol. The van der Waals surface area contributed by atoms with Crippen molar-refractivity contribution in [3.8, 4) is 0 Å². The summed E-state index contributed by atoms with van der Waals surface area (Å²) >= 11 is 0. The Labute approximate surface area is 142 Å². The number of carbonyl (C=O) groups is 2. The normalized spacial score (nSPS) is 14.3. The molecule has 24 heavy (non-hydrogen) atoms. The number of anilines is 1. The fourth-order valence-electron chi connectivity index (χ4n) is 2.65. The smallest absolute Gasteiger partial charge is 0.317 e. The minimum Gasteiger partial charge on any atom is -0.481 e. The first kappa shape index (κ1) is 18.1. The van der Waals surface area contributed by atoms with E-state index in [1.165, 1.54) is 0 Å². The lowest BCUT2D eigenvalue weighted by Crippen LogP contribution is -2.39. The second kappa shape index (κ2) is 9.12. The van der Waals surface area contributed by atoms with Crippen LogP contribution >= 0.6 is 0 Å². The van der Waals surface area contributed by atoms with E-state index in [1.54, 1.807) is 11.9 Å². The Kier molecular flexibility index (Phi) is 6.87. The van der Waals surface area contributed by atoms with Gasteiger partial charge in [-0.1, -0.05) is 18.2 Å². The topological polar surface area (TPSA) is 82.1 Å². The van der Waals surface area contributed by atoms with Crippen molar-refractivity contribution in [3.05, 3.63) is 29.8 Å². The SMILES string of the molecule is CN(Cc1ccccc1N1CCOCC1)C(=O)NCCCC(=O)O. The number of hydrogen-bond acceptors (Lipinski definition) is 4. The zero-order valence-electron chi connectivity index (χ0n) is 14.0. The lowest BCUT2D eigenvalue weighted by molar-refractivity contribution is -0.137. The summed E-state index contributed by atoms with van der Waals surface area (Å²) in [5, 5.41) is 11.3. The highest BCUT2D eigenvalue weighted by Crippen LogP contribution is 2.22. The molecule has 1 aliphatic heterocycles. The Morgan fingerprint density at radius 1 is 1.29 bits per heavy atom. The maximum atomic E-state index is 12.1. The van der Waals surface area contributed by atoms with E-state index >= 15 is 0 Å². The molecule has 0 spiro atoms. The van der Waals surface area contributed by atoms with Gasteiger partial charge < -0.3 is 25.0 Å². The third kappa shape index (κ3) is 5.42. The predicted octanol–water partition coefficient (Wildman–Crippen LogP) is 1.53. The lowest BCUT2D eigenvalue weighted by atomic mass is 10.1. The molecule has 2 N–H and O–H groups in total. The number of carbonyl (C=O) groups excluding carboxylic acids is 1. The molecule has 2 amide bonds. The van der Waals surface area contributed by atoms with E-state index in [1.807, 2.05) is 18.2 Å². The summed E-state index contributed by atoms with van der Waals surface area (Å²) in [6.07, 6.45) is 0.489. The van der Waals surface area contributed by atoms with E-state index in [0.717, 1.165) is 24.3 Å². The van der Waals surface area contributed by atoms with Crippen molar-refractivity contribution in [1.29, 1.82) is 0 Å². The third-order valence-electron chi connectivity index (χ3n) is 3.94. The van der Waals surface area contributed by atoms with Crippen LogP contribution in [0.1, 0.15) is 18.4 Å². The maximum absolute atomic E-state index is 12.1. The molecule has 1 fully saturated rings. The van der Waals surface area contributed by atoms with Gasteiger partial charge in [-0.15, -0.1) is 0 Å². The van der Waals surface area contributed by atoms with E-state index in [0.29, 0.717) is 32.7 Å². The van der Waals surface area contributed by atoms with Crippen LogP contribution in [0.4, 0.5) is 10.5 Å². The fourth-order valence-corrected chi connectivity index (χ4v) is 2.65. The molecule has 1 aliphatic rings. The Morgan fingerprint density at radius 3 is 2.71 bits per heavy atom. The number of aliphatic carboxylic acids is 1. The van der Waals surface area contributed by atoms with Crippen LogP contribution in [0.5, 0.6) is 0 Å². The van der Waals surface area contributed by atoms with Crippen LogP contribution in [0.3, 0.4) is 0 Å². The molecule has 0 bridgehead atoms. The van der Waals surface area contributed by atoms with Crippen molar-refractivity contribution < 1.29 is 19.4 Å². The molecule has 1 aromatic rings. The second-order valence-corrected chi connectivity index (χ2v) is 5.81.